The molecule has 0 fully saturated rings. The maximum atomic E-state index is 12.1. The quantitative estimate of drug-likeness (QED) is 0.337. The van der Waals surface area contributed by atoms with Crippen LogP contribution in [0.25, 0.3) is 0 Å². The van der Waals surface area contributed by atoms with Crippen LogP contribution < -0.4 is 0 Å². The highest BCUT2D eigenvalue weighted by molar-refractivity contribution is 5.99. The lowest BCUT2D eigenvalue weighted by Gasteiger charge is -2.03. The molecule has 1 rings (SSSR count). The molecule has 140 valence electrons. The zero-order valence-corrected chi connectivity index (χ0v) is 16.4. The molecule has 0 aliphatic heterocycles. The number of Topliss-reactive ketones (excluding diaryl/α,β-unsaturated/α-hetero) is 1. The van der Waals surface area contributed by atoms with E-state index >= 15 is 0 Å². The van der Waals surface area contributed by atoms with Crippen molar-refractivity contribution in [1.82, 2.24) is 0 Å². The molecule has 1 unspecified atom stereocenters. The fraction of sp³-hybridized carbons (Fsp3) is 0.652. The minimum absolute atomic E-state index is 0.167. The van der Waals surface area contributed by atoms with E-state index in [0.29, 0.717) is 12.2 Å². The molecular formula is C23H36O2. The molecule has 2 nitrogen and oxygen atoms in total. The lowest BCUT2D eigenvalue weighted by atomic mass is 10.0. The number of hydrogen-bond acceptors (Lipinski definition) is 2. The van der Waals surface area contributed by atoms with Gasteiger partial charge in [-0.3, -0.25) is 4.79 Å². The van der Waals surface area contributed by atoms with E-state index < -0.39 is 0 Å². The fourth-order valence-corrected chi connectivity index (χ4v) is 3.21. The van der Waals surface area contributed by atoms with Crippen LogP contribution in [0.2, 0.25) is 0 Å². The molecule has 0 bridgehead atoms. The van der Waals surface area contributed by atoms with Gasteiger partial charge in [-0.2, -0.15) is 0 Å². The largest absolute Gasteiger partial charge is 0.393 e. The van der Waals surface area contributed by atoms with Crippen molar-refractivity contribution in [1.29, 1.82) is 0 Å². The summed E-state index contributed by atoms with van der Waals surface area (Å²) < 4.78 is 0. The number of carbonyl (C=O) groups excluding carboxylic acids is 1. The zero-order valence-electron chi connectivity index (χ0n) is 16.4. The molecule has 0 spiro atoms. The molecular weight excluding hydrogens is 308 g/mol. The Kier molecular flexibility index (Phi) is 11.2. The van der Waals surface area contributed by atoms with Crippen molar-refractivity contribution in [3.05, 3.63) is 40.7 Å². The molecule has 0 radical (unpaired) electrons. The van der Waals surface area contributed by atoms with Gasteiger partial charge in [0, 0.05) is 18.4 Å². The Bertz CT molecular complexity index is 528. The Morgan fingerprint density at radius 1 is 1.24 bits per heavy atom. The Labute approximate surface area is 154 Å². The molecule has 25 heavy (non-hydrogen) atoms. The molecule has 1 atom stereocenters. The standard InChI is InChI=1S/C23H36O2/c1-4-12-19(2)13-11-16-22-21(17-18-23(22)25)15-10-8-6-5-7-9-14-20(3)24/h10-11,15,20,24H,4-9,12,14,16-18H2,1-3H3. The highest BCUT2D eigenvalue weighted by Crippen LogP contribution is 2.27. The van der Waals surface area contributed by atoms with Crippen LogP contribution in [0.4, 0.5) is 0 Å². The lowest BCUT2D eigenvalue weighted by molar-refractivity contribution is -0.114. The van der Waals surface area contributed by atoms with Crippen molar-refractivity contribution < 1.29 is 9.90 Å². The van der Waals surface area contributed by atoms with Crippen molar-refractivity contribution in [3.63, 3.8) is 0 Å². The molecule has 0 heterocycles. The van der Waals surface area contributed by atoms with E-state index in [9.17, 15) is 9.90 Å². The number of ketones is 1. The first-order chi connectivity index (χ1) is 12.0. The monoisotopic (exact) mass is 344 g/mol. The predicted molar refractivity (Wildman–Crippen MR) is 107 cm³/mol. The third-order valence-electron chi connectivity index (χ3n) is 4.69. The van der Waals surface area contributed by atoms with E-state index in [1.165, 1.54) is 30.4 Å². The summed E-state index contributed by atoms with van der Waals surface area (Å²) in [5.74, 6) is 0.309. The third-order valence-corrected chi connectivity index (χ3v) is 4.69. The Balaban J connectivity index is 2.41. The van der Waals surface area contributed by atoms with Crippen LogP contribution in [-0.4, -0.2) is 17.0 Å². The minimum Gasteiger partial charge on any atom is -0.393 e. The molecule has 1 aliphatic rings. The van der Waals surface area contributed by atoms with E-state index in [0.717, 1.165) is 50.5 Å². The van der Waals surface area contributed by atoms with Gasteiger partial charge in [-0.15, -0.1) is 5.73 Å². The second-order valence-electron chi connectivity index (χ2n) is 7.25. The first kappa shape index (κ1) is 21.7. The molecule has 0 amide bonds. The topological polar surface area (TPSA) is 37.3 Å². The highest BCUT2D eigenvalue weighted by atomic mass is 16.3. The average molecular weight is 345 g/mol. The van der Waals surface area contributed by atoms with Gasteiger partial charge in [-0.05, 0) is 63.2 Å². The summed E-state index contributed by atoms with van der Waals surface area (Å²) in [5, 5.41) is 9.23. The number of hydrogen-bond donors (Lipinski definition) is 1. The SMILES string of the molecule is CCCC(C)=C=CCC1=C(C=CCCCCCCC(C)O)CCC1=O. The number of allylic oxidation sites excluding steroid dienone is 5. The van der Waals surface area contributed by atoms with E-state index in [1.54, 1.807) is 0 Å². The normalized spacial score (nSPS) is 15.8. The number of aliphatic hydroxyl groups excluding tert-OH is 1. The Morgan fingerprint density at radius 3 is 2.72 bits per heavy atom. The second kappa shape index (κ2) is 12.9. The predicted octanol–water partition coefficient (Wildman–Crippen LogP) is 6.22. The molecule has 1 aliphatic carbocycles. The number of carbonyl (C=O) groups is 1. The second-order valence-corrected chi connectivity index (χ2v) is 7.25. The maximum absolute atomic E-state index is 12.1. The summed E-state index contributed by atoms with van der Waals surface area (Å²) in [6, 6.07) is 0. The van der Waals surface area contributed by atoms with Crippen LogP contribution in [0.3, 0.4) is 0 Å². The van der Waals surface area contributed by atoms with Gasteiger partial charge < -0.3 is 5.11 Å². The third kappa shape index (κ3) is 9.63. The van der Waals surface area contributed by atoms with Crippen molar-refractivity contribution in [3.8, 4) is 0 Å². The summed E-state index contributed by atoms with van der Waals surface area (Å²) in [6.45, 7) is 6.13. The number of aliphatic hydroxyl groups is 1. The first-order valence-corrected chi connectivity index (χ1v) is 10.0. The number of rotatable bonds is 12. The van der Waals surface area contributed by atoms with Crippen LogP contribution in [0.15, 0.2) is 40.7 Å². The van der Waals surface area contributed by atoms with Crippen LogP contribution in [0, 0.1) is 0 Å². The van der Waals surface area contributed by atoms with Gasteiger partial charge in [0.2, 0.25) is 0 Å². The molecule has 0 aromatic rings. The first-order valence-electron chi connectivity index (χ1n) is 10.0. The molecule has 0 aromatic heterocycles. The fourth-order valence-electron chi connectivity index (χ4n) is 3.21. The van der Waals surface area contributed by atoms with Crippen molar-refractivity contribution >= 4 is 5.78 Å². The Hall–Kier alpha value is -1.37. The van der Waals surface area contributed by atoms with Gasteiger partial charge >= 0.3 is 0 Å². The van der Waals surface area contributed by atoms with E-state index in [-0.39, 0.29) is 6.10 Å². The molecule has 0 saturated carbocycles. The van der Waals surface area contributed by atoms with Crippen LogP contribution in [0.1, 0.15) is 91.4 Å². The summed E-state index contributed by atoms with van der Waals surface area (Å²) >= 11 is 0. The molecule has 1 N–H and O–H groups in total. The Morgan fingerprint density at radius 2 is 2.00 bits per heavy atom. The van der Waals surface area contributed by atoms with Crippen LogP contribution >= 0.6 is 0 Å². The number of unbranched alkanes of at least 4 members (excludes halogenated alkanes) is 4. The molecule has 0 saturated heterocycles. The van der Waals surface area contributed by atoms with E-state index in [4.69, 9.17) is 0 Å². The van der Waals surface area contributed by atoms with Crippen molar-refractivity contribution in [2.24, 2.45) is 0 Å². The summed E-state index contributed by atoms with van der Waals surface area (Å²) in [7, 11) is 0. The van der Waals surface area contributed by atoms with Gasteiger partial charge in [-0.1, -0.05) is 44.8 Å². The van der Waals surface area contributed by atoms with E-state index in [1.807, 2.05) is 13.0 Å². The zero-order chi connectivity index (χ0) is 18.5. The van der Waals surface area contributed by atoms with Crippen LogP contribution in [0.5, 0.6) is 0 Å². The summed E-state index contributed by atoms with van der Waals surface area (Å²) in [5.41, 5.74) is 6.80. The molecule has 2 heteroatoms. The van der Waals surface area contributed by atoms with Crippen molar-refractivity contribution in [2.45, 2.75) is 97.5 Å². The van der Waals surface area contributed by atoms with Gasteiger partial charge in [0.25, 0.3) is 0 Å². The van der Waals surface area contributed by atoms with Gasteiger partial charge in [0.15, 0.2) is 5.78 Å². The van der Waals surface area contributed by atoms with Gasteiger partial charge in [-0.25, -0.2) is 0 Å². The van der Waals surface area contributed by atoms with Crippen molar-refractivity contribution in [2.75, 3.05) is 0 Å². The maximum Gasteiger partial charge on any atom is 0.159 e. The van der Waals surface area contributed by atoms with Gasteiger partial charge in [0.05, 0.1) is 6.10 Å². The highest BCUT2D eigenvalue weighted by Gasteiger charge is 2.19. The minimum atomic E-state index is -0.167. The smallest absolute Gasteiger partial charge is 0.159 e. The van der Waals surface area contributed by atoms with E-state index in [2.05, 4.69) is 31.7 Å². The summed E-state index contributed by atoms with van der Waals surface area (Å²) in [4.78, 5) is 12.1. The summed E-state index contributed by atoms with van der Waals surface area (Å²) in [6.07, 6.45) is 17.5. The van der Waals surface area contributed by atoms with Crippen LogP contribution in [-0.2, 0) is 4.79 Å². The average Bonchev–Trinajstić information content (AvgIpc) is 2.90. The lowest BCUT2D eigenvalue weighted by Crippen LogP contribution is -1.98. The molecule has 0 aromatic carbocycles. The van der Waals surface area contributed by atoms with Gasteiger partial charge in [0.1, 0.15) is 0 Å².